The highest BCUT2D eigenvalue weighted by molar-refractivity contribution is 5.85. The summed E-state index contributed by atoms with van der Waals surface area (Å²) in [5.74, 6) is 0.493. The van der Waals surface area contributed by atoms with Crippen molar-refractivity contribution in [2.75, 3.05) is 14.2 Å². The van der Waals surface area contributed by atoms with Crippen LogP contribution in [0.4, 0.5) is 0 Å². The average Bonchev–Trinajstić information content (AvgIpc) is 3.37. The molecular weight excluding hydrogens is 412 g/mol. The third-order valence-corrected chi connectivity index (χ3v) is 7.85. The monoisotopic (exact) mass is 450 g/mol. The Balaban J connectivity index is 0.000000181. The molecule has 4 aliphatic rings. The summed E-state index contributed by atoms with van der Waals surface area (Å²) in [6.45, 7) is 3.10. The van der Waals surface area contributed by atoms with Crippen LogP contribution in [-0.4, -0.2) is 71.9 Å². The van der Waals surface area contributed by atoms with Crippen LogP contribution in [0.5, 0.6) is 0 Å². The molecule has 2 saturated heterocycles. The smallest absolute Gasteiger partial charge is 0.328 e. The highest BCUT2D eigenvalue weighted by atomic mass is 16.5. The number of methoxy groups -OCH3 is 2. The first-order valence-electron chi connectivity index (χ1n) is 12.0. The van der Waals surface area contributed by atoms with E-state index in [1.165, 1.54) is 39.9 Å². The summed E-state index contributed by atoms with van der Waals surface area (Å²) >= 11 is 0. The lowest BCUT2D eigenvalue weighted by Gasteiger charge is -2.32. The number of nitrogens with zero attached hydrogens (tertiary/aromatic N) is 2. The van der Waals surface area contributed by atoms with Crippen LogP contribution in [0, 0.1) is 11.8 Å². The first-order valence-corrected chi connectivity index (χ1v) is 12.0. The molecule has 4 fully saturated rings. The van der Waals surface area contributed by atoms with Crippen LogP contribution in [0.1, 0.15) is 78.1 Å². The summed E-state index contributed by atoms with van der Waals surface area (Å²) in [7, 11) is 2.78. The summed E-state index contributed by atoms with van der Waals surface area (Å²) in [6.07, 6.45) is 10.7. The topological polar surface area (TPSA) is 93.2 Å². The van der Waals surface area contributed by atoms with Gasteiger partial charge in [0.25, 0.3) is 0 Å². The number of hydrogen-bond donors (Lipinski definition) is 0. The first-order chi connectivity index (χ1) is 15.3. The molecule has 2 saturated carbocycles. The zero-order chi connectivity index (χ0) is 23.4. The predicted octanol–water partition coefficient (Wildman–Crippen LogP) is 2.68. The van der Waals surface area contributed by atoms with Gasteiger partial charge < -0.3 is 19.3 Å². The van der Waals surface area contributed by atoms with Crippen molar-refractivity contribution >= 4 is 23.8 Å². The Labute approximate surface area is 191 Å². The average molecular weight is 451 g/mol. The van der Waals surface area contributed by atoms with Crippen LogP contribution in [0.2, 0.25) is 0 Å². The lowest BCUT2D eigenvalue weighted by Crippen LogP contribution is -2.45. The summed E-state index contributed by atoms with van der Waals surface area (Å²) in [5, 5.41) is 0. The fraction of sp³-hybridized carbons (Fsp3) is 0.833. The Kier molecular flexibility index (Phi) is 8.17. The van der Waals surface area contributed by atoms with Crippen molar-refractivity contribution in [3.63, 3.8) is 0 Å². The fourth-order valence-electron chi connectivity index (χ4n) is 6.52. The predicted molar refractivity (Wildman–Crippen MR) is 117 cm³/mol. The Morgan fingerprint density at radius 1 is 0.625 bits per heavy atom. The lowest BCUT2D eigenvalue weighted by atomic mass is 9.85. The fourth-order valence-corrected chi connectivity index (χ4v) is 6.52. The molecular formula is C24H38N2O6. The highest BCUT2D eigenvalue weighted by Crippen LogP contribution is 2.41. The lowest BCUT2D eigenvalue weighted by molar-refractivity contribution is -0.151. The largest absolute Gasteiger partial charge is 0.467 e. The number of hydrogen-bond acceptors (Lipinski definition) is 6. The van der Waals surface area contributed by atoms with Gasteiger partial charge in [0.1, 0.15) is 12.1 Å². The molecule has 8 nitrogen and oxygen atoms in total. The van der Waals surface area contributed by atoms with Crippen molar-refractivity contribution in [1.29, 1.82) is 0 Å². The van der Waals surface area contributed by atoms with Gasteiger partial charge >= 0.3 is 11.9 Å². The second-order valence-electron chi connectivity index (χ2n) is 9.63. The number of amides is 2. The molecule has 2 aliphatic heterocycles. The van der Waals surface area contributed by atoms with Crippen molar-refractivity contribution in [1.82, 2.24) is 9.80 Å². The summed E-state index contributed by atoms with van der Waals surface area (Å²) in [5.41, 5.74) is 0. The van der Waals surface area contributed by atoms with Crippen molar-refractivity contribution in [2.24, 2.45) is 11.8 Å². The number of carbonyl (C=O) groups is 4. The van der Waals surface area contributed by atoms with E-state index in [1.807, 2.05) is 0 Å². The van der Waals surface area contributed by atoms with E-state index in [-0.39, 0.29) is 47.9 Å². The van der Waals surface area contributed by atoms with Crippen LogP contribution in [0.3, 0.4) is 0 Å². The maximum Gasteiger partial charge on any atom is 0.328 e. The van der Waals surface area contributed by atoms with Gasteiger partial charge in [-0.3, -0.25) is 9.59 Å². The summed E-state index contributed by atoms with van der Waals surface area (Å²) < 4.78 is 9.58. The second-order valence-corrected chi connectivity index (χ2v) is 9.63. The van der Waals surface area contributed by atoms with E-state index >= 15 is 0 Å². The van der Waals surface area contributed by atoms with Gasteiger partial charge in [-0.05, 0) is 50.4 Å². The zero-order valence-electron chi connectivity index (χ0n) is 19.9. The summed E-state index contributed by atoms with van der Waals surface area (Å²) in [6, 6.07) is -0.128. The third kappa shape index (κ3) is 4.94. The maximum atomic E-state index is 11.7. The van der Waals surface area contributed by atoms with Gasteiger partial charge in [0.2, 0.25) is 11.8 Å². The van der Waals surface area contributed by atoms with E-state index < -0.39 is 0 Å². The van der Waals surface area contributed by atoms with Crippen molar-refractivity contribution < 1.29 is 28.7 Å². The molecule has 0 aromatic heterocycles. The maximum absolute atomic E-state index is 11.7. The van der Waals surface area contributed by atoms with Crippen LogP contribution >= 0.6 is 0 Å². The van der Waals surface area contributed by atoms with Crippen molar-refractivity contribution in [2.45, 2.75) is 102 Å². The Morgan fingerprint density at radius 3 is 1.28 bits per heavy atom. The molecule has 6 atom stereocenters. The van der Waals surface area contributed by atoms with Gasteiger partial charge in [0.05, 0.1) is 14.2 Å². The Bertz CT molecular complexity index is 665. The molecule has 32 heavy (non-hydrogen) atoms. The molecule has 0 unspecified atom stereocenters. The molecule has 0 radical (unpaired) electrons. The highest BCUT2D eigenvalue weighted by Gasteiger charge is 2.47. The van der Waals surface area contributed by atoms with Gasteiger partial charge in [0.15, 0.2) is 0 Å². The zero-order valence-corrected chi connectivity index (χ0v) is 19.9. The molecule has 2 amide bonds. The normalized spacial score (nSPS) is 33.4. The van der Waals surface area contributed by atoms with Crippen molar-refractivity contribution in [3.05, 3.63) is 0 Å². The number of likely N-dealkylation sites (tertiary alicyclic amines) is 2. The van der Waals surface area contributed by atoms with E-state index in [9.17, 15) is 19.2 Å². The molecule has 0 aromatic carbocycles. The van der Waals surface area contributed by atoms with E-state index in [1.54, 1.807) is 23.6 Å². The minimum Gasteiger partial charge on any atom is -0.467 e. The molecule has 8 heteroatoms. The number of esters is 2. The quantitative estimate of drug-likeness (QED) is 0.601. The Morgan fingerprint density at radius 2 is 0.969 bits per heavy atom. The number of fused-ring (bicyclic) bond motifs is 2. The van der Waals surface area contributed by atoms with Gasteiger partial charge in [-0.25, -0.2) is 9.59 Å². The minimum atomic E-state index is -0.337. The molecule has 2 heterocycles. The standard InChI is InChI=1S/2C12H19NO3/c2*1-8(14)13-10-6-4-3-5-9(10)7-11(13)12(15)16-2/h2*9-11H,3-7H2,1-2H3/t2*9-,10-,11-/m00/s1. The van der Waals surface area contributed by atoms with Crippen LogP contribution in [0.25, 0.3) is 0 Å². The Hall–Kier alpha value is -2.12. The molecule has 180 valence electrons. The van der Waals surface area contributed by atoms with Crippen molar-refractivity contribution in [3.8, 4) is 0 Å². The van der Waals surface area contributed by atoms with E-state index in [2.05, 4.69) is 0 Å². The van der Waals surface area contributed by atoms with Gasteiger partial charge in [-0.2, -0.15) is 0 Å². The van der Waals surface area contributed by atoms with E-state index in [0.29, 0.717) is 11.8 Å². The SMILES string of the molecule is COC(=O)[C@@H]1C[C@@H]2CCCC[C@@H]2N1C(C)=O.COC(=O)[C@@H]1C[C@@H]2CCCC[C@@H]2N1C(C)=O. The second kappa shape index (κ2) is 10.7. The van der Waals surface area contributed by atoms with Crippen LogP contribution in [-0.2, 0) is 28.7 Å². The molecule has 0 spiro atoms. The minimum absolute atomic E-state index is 0.00444. The van der Waals surface area contributed by atoms with Gasteiger partial charge in [-0.15, -0.1) is 0 Å². The van der Waals surface area contributed by atoms with E-state index in [4.69, 9.17) is 9.47 Å². The van der Waals surface area contributed by atoms with E-state index in [0.717, 1.165) is 38.5 Å². The van der Waals surface area contributed by atoms with Crippen LogP contribution < -0.4 is 0 Å². The molecule has 4 rings (SSSR count). The van der Waals surface area contributed by atoms with Gasteiger partial charge in [0, 0.05) is 25.9 Å². The number of rotatable bonds is 2. The number of ether oxygens (including phenoxy) is 2. The first kappa shape index (κ1) is 24.5. The molecule has 0 aromatic rings. The number of carbonyl (C=O) groups excluding carboxylic acids is 4. The third-order valence-electron chi connectivity index (χ3n) is 7.85. The molecule has 0 N–H and O–H groups in total. The van der Waals surface area contributed by atoms with Crippen LogP contribution in [0.15, 0.2) is 0 Å². The molecule has 0 bridgehead atoms. The molecule has 2 aliphatic carbocycles. The summed E-state index contributed by atoms with van der Waals surface area (Å²) in [4.78, 5) is 50.1. The van der Waals surface area contributed by atoms with Gasteiger partial charge in [-0.1, -0.05) is 25.7 Å².